The van der Waals surface area contributed by atoms with Crippen molar-refractivity contribution in [3.63, 3.8) is 0 Å². The van der Waals surface area contributed by atoms with Gasteiger partial charge in [-0.25, -0.2) is 0 Å². The average molecular weight is 662 g/mol. The van der Waals surface area contributed by atoms with Gasteiger partial charge in [0.25, 0.3) is 0 Å². The number of ether oxygens (including phenoxy) is 1. The van der Waals surface area contributed by atoms with Crippen LogP contribution in [0, 0.1) is 0 Å². The van der Waals surface area contributed by atoms with Crippen LogP contribution in [0.4, 0.5) is 0 Å². The van der Waals surface area contributed by atoms with Crippen molar-refractivity contribution in [1.29, 1.82) is 0 Å². The Morgan fingerprint density at radius 2 is 1.29 bits per heavy atom. The third kappa shape index (κ3) is 7.62. The summed E-state index contributed by atoms with van der Waals surface area (Å²) in [5.41, 5.74) is 7.84. The minimum Gasteiger partial charge on any atom is -0.490 e. The smallest absolute Gasteiger partial charge is 0.151 e. The molecule has 5 aromatic carbocycles. The Hall–Kier alpha value is -5.17. The SMILES string of the molecule is C(=NOCCOc1ccc(CC2CN(C(c3ccccc3)(c3ccccc3)c3ccccc3)CS2)cc1)c1cncc(-c2ccccc2)c1. The minimum atomic E-state index is -0.377. The molecule has 0 saturated carbocycles. The monoisotopic (exact) mass is 661 g/mol. The molecule has 1 atom stereocenters. The molecule has 2 heterocycles. The quantitative estimate of drug-likeness (QED) is 0.0535. The van der Waals surface area contributed by atoms with Crippen molar-refractivity contribution < 1.29 is 9.57 Å². The molecule has 0 spiro atoms. The van der Waals surface area contributed by atoms with Crippen molar-refractivity contribution in [3.05, 3.63) is 192 Å². The Labute approximate surface area is 293 Å². The van der Waals surface area contributed by atoms with Crippen molar-refractivity contribution in [3.8, 4) is 16.9 Å². The van der Waals surface area contributed by atoms with Gasteiger partial charge in [0, 0.05) is 41.2 Å². The summed E-state index contributed by atoms with van der Waals surface area (Å²) in [6.45, 7) is 1.74. The number of aromatic nitrogens is 1. The fourth-order valence-corrected chi connectivity index (χ4v) is 7.92. The normalized spacial score (nSPS) is 15.0. The van der Waals surface area contributed by atoms with E-state index in [1.165, 1.54) is 22.3 Å². The van der Waals surface area contributed by atoms with Crippen LogP contribution in [0.15, 0.2) is 169 Å². The molecule has 1 unspecified atom stereocenters. The summed E-state index contributed by atoms with van der Waals surface area (Å²) in [6.07, 6.45) is 6.29. The van der Waals surface area contributed by atoms with E-state index in [1.807, 2.05) is 42.2 Å². The molecular formula is C43H39N3O2S. The maximum absolute atomic E-state index is 5.94. The van der Waals surface area contributed by atoms with Gasteiger partial charge in [0.05, 0.1) is 11.8 Å². The summed E-state index contributed by atoms with van der Waals surface area (Å²) in [5.74, 6) is 1.77. The van der Waals surface area contributed by atoms with Gasteiger partial charge in [-0.15, -0.1) is 11.8 Å². The van der Waals surface area contributed by atoms with E-state index in [0.29, 0.717) is 18.5 Å². The fourth-order valence-electron chi connectivity index (χ4n) is 6.64. The number of benzene rings is 5. The molecule has 0 radical (unpaired) electrons. The Bertz CT molecular complexity index is 1820. The third-order valence-electron chi connectivity index (χ3n) is 8.91. The highest BCUT2D eigenvalue weighted by atomic mass is 32.2. The molecule has 1 aliphatic heterocycles. The number of hydrogen-bond donors (Lipinski definition) is 0. The molecule has 244 valence electrons. The van der Waals surface area contributed by atoms with Crippen molar-refractivity contribution in [1.82, 2.24) is 9.88 Å². The van der Waals surface area contributed by atoms with Gasteiger partial charge in [0.15, 0.2) is 6.61 Å². The average Bonchev–Trinajstić information content (AvgIpc) is 3.64. The van der Waals surface area contributed by atoms with Crippen LogP contribution in [0.1, 0.15) is 27.8 Å². The molecule has 0 aliphatic carbocycles. The Morgan fingerprint density at radius 3 is 1.90 bits per heavy atom. The first-order valence-electron chi connectivity index (χ1n) is 16.7. The molecule has 6 aromatic rings. The molecular weight excluding hydrogens is 623 g/mol. The fraction of sp³-hybridized carbons (Fsp3) is 0.163. The highest BCUT2D eigenvalue weighted by Gasteiger charge is 2.45. The molecule has 1 aromatic heterocycles. The number of hydrogen-bond acceptors (Lipinski definition) is 6. The Morgan fingerprint density at radius 1 is 0.694 bits per heavy atom. The number of oxime groups is 1. The van der Waals surface area contributed by atoms with E-state index in [1.54, 1.807) is 12.4 Å². The van der Waals surface area contributed by atoms with Gasteiger partial charge >= 0.3 is 0 Å². The van der Waals surface area contributed by atoms with Gasteiger partial charge < -0.3 is 9.57 Å². The molecule has 7 rings (SSSR count). The largest absolute Gasteiger partial charge is 0.490 e. The number of nitrogens with zero attached hydrogens (tertiary/aromatic N) is 3. The molecule has 49 heavy (non-hydrogen) atoms. The highest BCUT2D eigenvalue weighted by Crippen LogP contribution is 2.46. The summed E-state index contributed by atoms with van der Waals surface area (Å²) in [5, 5.41) is 4.58. The second-order valence-electron chi connectivity index (χ2n) is 12.1. The van der Waals surface area contributed by atoms with Gasteiger partial charge in [-0.3, -0.25) is 9.88 Å². The van der Waals surface area contributed by atoms with Crippen molar-refractivity contribution >= 4 is 18.0 Å². The lowest BCUT2D eigenvalue weighted by molar-refractivity contribution is 0.108. The first-order chi connectivity index (χ1) is 24.3. The molecule has 1 aliphatic rings. The maximum Gasteiger partial charge on any atom is 0.151 e. The van der Waals surface area contributed by atoms with Crippen LogP contribution in [-0.2, 0) is 16.8 Å². The summed E-state index contributed by atoms with van der Waals surface area (Å²) < 4.78 is 5.94. The Kier molecular flexibility index (Phi) is 10.5. The number of rotatable bonds is 13. The van der Waals surface area contributed by atoms with E-state index in [9.17, 15) is 0 Å². The summed E-state index contributed by atoms with van der Waals surface area (Å²) in [7, 11) is 0. The van der Waals surface area contributed by atoms with E-state index in [-0.39, 0.29) is 5.54 Å². The lowest BCUT2D eigenvalue weighted by Crippen LogP contribution is -2.47. The zero-order valence-corrected chi connectivity index (χ0v) is 28.2. The first-order valence-corrected chi connectivity index (χ1v) is 17.7. The van der Waals surface area contributed by atoms with Gasteiger partial charge in [0.1, 0.15) is 12.4 Å². The lowest BCUT2D eigenvalue weighted by atomic mass is 9.75. The summed E-state index contributed by atoms with van der Waals surface area (Å²) in [6, 6.07) is 53.6. The second-order valence-corrected chi connectivity index (χ2v) is 13.3. The van der Waals surface area contributed by atoms with Crippen molar-refractivity contribution in [2.24, 2.45) is 5.16 Å². The highest BCUT2D eigenvalue weighted by molar-refractivity contribution is 8.00. The van der Waals surface area contributed by atoms with Crippen molar-refractivity contribution in [2.75, 3.05) is 25.6 Å². The van der Waals surface area contributed by atoms with Gasteiger partial charge in [-0.1, -0.05) is 139 Å². The first kappa shape index (κ1) is 32.4. The maximum atomic E-state index is 5.94. The van der Waals surface area contributed by atoms with Gasteiger partial charge in [-0.2, -0.15) is 0 Å². The van der Waals surface area contributed by atoms with E-state index >= 15 is 0 Å². The van der Waals surface area contributed by atoms with Gasteiger partial charge in [0.2, 0.25) is 0 Å². The van der Waals surface area contributed by atoms with Crippen LogP contribution in [0.3, 0.4) is 0 Å². The zero-order chi connectivity index (χ0) is 33.1. The predicted molar refractivity (Wildman–Crippen MR) is 201 cm³/mol. The molecule has 0 amide bonds. The van der Waals surface area contributed by atoms with Crippen LogP contribution in [0.25, 0.3) is 11.1 Å². The molecule has 1 saturated heterocycles. The van der Waals surface area contributed by atoms with E-state index < -0.39 is 0 Å². The van der Waals surface area contributed by atoms with Gasteiger partial charge in [-0.05, 0) is 52.4 Å². The molecule has 0 bridgehead atoms. The third-order valence-corrected chi connectivity index (χ3v) is 10.2. The van der Waals surface area contributed by atoms with Crippen LogP contribution >= 0.6 is 11.8 Å². The van der Waals surface area contributed by atoms with Crippen molar-refractivity contribution in [2.45, 2.75) is 17.2 Å². The lowest BCUT2D eigenvalue weighted by Gasteiger charge is -2.43. The van der Waals surface area contributed by atoms with Crippen LogP contribution in [-0.4, -0.2) is 47.0 Å². The summed E-state index contributed by atoms with van der Waals surface area (Å²) in [4.78, 5) is 12.5. The zero-order valence-electron chi connectivity index (χ0n) is 27.3. The Balaban J connectivity index is 0.950. The molecule has 1 fully saturated rings. The van der Waals surface area contributed by atoms with Crippen LogP contribution in [0.5, 0.6) is 5.75 Å². The molecule has 0 N–H and O–H groups in total. The predicted octanol–water partition coefficient (Wildman–Crippen LogP) is 9.09. The van der Waals surface area contributed by atoms with E-state index in [4.69, 9.17) is 9.57 Å². The van der Waals surface area contributed by atoms with E-state index in [0.717, 1.165) is 41.3 Å². The van der Waals surface area contributed by atoms with Crippen LogP contribution < -0.4 is 4.74 Å². The molecule has 5 nitrogen and oxygen atoms in total. The standard InChI is InChI=1S/C43H39N3O2S/c1-5-13-36(14-6-1)37-27-35(29-44-31-37)30-45-48-26-25-47-41-23-21-34(22-24-41)28-42-32-46(33-49-42)43(38-15-7-2-8-16-38,39-17-9-3-10-18-39)40-19-11-4-12-20-40/h1-24,27,29-31,42H,25-26,28,32-33H2. The topological polar surface area (TPSA) is 47.0 Å². The molecule has 6 heteroatoms. The second kappa shape index (κ2) is 15.8. The number of pyridine rings is 1. The minimum absolute atomic E-state index is 0.352. The van der Waals surface area contributed by atoms with Crippen LogP contribution in [0.2, 0.25) is 0 Å². The van der Waals surface area contributed by atoms with E-state index in [2.05, 4.69) is 142 Å². The summed E-state index contributed by atoms with van der Waals surface area (Å²) >= 11 is 2.04. The number of thioether (sulfide) groups is 1.